The molecule has 2 unspecified atom stereocenters. The molecule has 0 saturated heterocycles. The Bertz CT molecular complexity index is 256. The Balaban J connectivity index is 3.87. The molecule has 7 heteroatoms. The second-order valence-electron chi connectivity index (χ2n) is 4.11. The predicted octanol–water partition coefficient (Wildman–Crippen LogP) is -0.929. The number of carboxylic acids is 1. The third-order valence-electron chi connectivity index (χ3n) is 2.10. The number of aliphatic hydroxyl groups is 1. The van der Waals surface area contributed by atoms with Gasteiger partial charge < -0.3 is 25.7 Å². The molecule has 0 aliphatic rings. The molecule has 17 heavy (non-hydrogen) atoms. The van der Waals surface area contributed by atoms with Crippen LogP contribution in [0.5, 0.6) is 0 Å². The van der Waals surface area contributed by atoms with E-state index in [4.69, 9.17) is 10.2 Å². The summed E-state index contributed by atoms with van der Waals surface area (Å²) in [4.78, 5) is 24.0. The van der Waals surface area contributed by atoms with Gasteiger partial charge in [-0.2, -0.15) is 0 Å². The van der Waals surface area contributed by atoms with Crippen molar-refractivity contribution < 1.29 is 19.8 Å². The van der Waals surface area contributed by atoms with E-state index in [9.17, 15) is 9.59 Å². The summed E-state index contributed by atoms with van der Waals surface area (Å²) in [6.07, 6.45) is -0.368. The van der Waals surface area contributed by atoms with Gasteiger partial charge in [-0.05, 0) is 34.0 Å². The summed E-state index contributed by atoms with van der Waals surface area (Å²) in [5, 5.41) is 22.6. The van der Waals surface area contributed by atoms with Crippen LogP contribution < -0.4 is 10.6 Å². The van der Waals surface area contributed by atoms with Crippen LogP contribution in [0.15, 0.2) is 0 Å². The van der Waals surface area contributed by atoms with Crippen LogP contribution in [0.2, 0.25) is 0 Å². The number of aliphatic carboxylic acids is 1. The molecule has 0 fully saturated rings. The van der Waals surface area contributed by atoms with E-state index in [2.05, 4.69) is 10.6 Å². The molecule has 0 aromatic rings. The number of hydrogen-bond donors (Lipinski definition) is 4. The Morgan fingerprint density at radius 3 is 2.35 bits per heavy atom. The number of aliphatic hydroxyl groups excluding tert-OH is 1. The van der Waals surface area contributed by atoms with Gasteiger partial charge in [0.25, 0.3) is 0 Å². The highest BCUT2D eigenvalue weighted by molar-refractivity contribution is 5.82. The zero-order valence-corrected chi connectivity index (χ0v) is 10.4. The molecule has 7 nitrogen and oxygen atoms in total. The molecule has 2 atom stereocenters. The van der Waals surface area contributed by atoms with Crippen molar-refractivity contribution >= 4 is 12.0 Å². The summed E-state index contributed by atoms with van der Waals surface area (Å²) < 4.78 is 0. The number of carbonyl (C=O) groups excluding carboxylic acids is 1. The Morgan fingerprint density at radius 1 is 1.35 bits per heavy atom. The summed E-state index contributed by atoms with van der Waals surface area (Å²) in [6.45, 7) is 2.60. The van der Waals surface area contributed by atoms with Crippen molar-refractivity contribution in [1.82, 2.24) is 15.5 Å². The van der Waals surface area contributed by atoms with E-state index in [1.807, 2.05) is 19.0 Å². The average Bonchev–Trinajstić information content (AvgIpc) is 2.19. The van der Waals surface area contributed by atoms with Gasteiger partial charge in [0.1, 0.15) is 0 Å². The maximum Gasteiger partial charge on any atom is 0.328 e. The van der Waals surface area contributed by atoms with E-state index in [0.717, 1.165) is 13.0 Å². The summed E-state index contributed by atoms with van der Waals surface area (Å²) in [5.41, 5.74) is 0. The van der Waals surface area contributed by atoms with Gasteiger partial charge in [-0.1, -0.05) is 0 Å². The zero-order chi connectivity index (χ0) is 13.4. The fourth-order valence-corrected chi connectivity index (χ4v) is 1.18. The maximum atomic E-state index is 11.3. The van der Waals surface area contributed by atoms with Crippen LogP contribution in [-0.4, -0.2) is 66.4 Å². The molecule has 0 aliphatic heterocycles. The van der Waals surface area contributed by atoms with Crippen LogP contribution in [0.4, 0.5) is 4.79 Å². The molecule has 0 aliphatic carbocycles. The first kappa shape index (κ1) is 15.7. The van der Waals surface area contributed by atoms with Gasteiger partial charge in [0, 0.05) is 6.54 Å². The fraction of sp³-hybridized carbons (Fsp3) is 0.800. The van der Waals surface area contributed by atoms with Crippen LogP contribution in [0.25, 0.3) is 0 Å². The lowest BCUT2D eigenvalue weighted by Gasteiger charge is -2.17. The molecule has 0 saturated carbocycles. The molecule has 100 valence electrons. The Kier molecular flexibility index (Phi) is 7.24. The van der Waals surface area contributed by atoms with E-state index in [-0.39, 0.29) is 0 Å². The van der Waals surface area contributed by atoms with Gasteiger partial charge in [0.05, 0.1) is 6.10 Å². The number of amides is 2. The van der Waals surface area contributed by atoms with Crippen LogP contribution in [0.3, 0.4) is 0 Å². The number of rotatable bonds is 7. The number of carbonyl (C=O) groups is 2. The molecule has 0 spiro atoms. The number of nitrogens with zero attached hydrogens (tertiary/aromatic N) is 1. The van der Waals surface area contributed by atoms with E-state index in [1.54, 1.807) is 0 Å². The number of carboxylic acid groups (broad SMARTS) is 1. The van der Waals surface area contributed by atoms with E-state index in [1.165, 1.54) is 6.92 Å². The first-order chi connectivity index (χ1) is 7.84. The number of hydrogen-bond acceptors (Lipinski definition) is 4. The van der Waals surface area contributed by atoms with Crippen molar-refractivity contribution in [1.29, 1.82) is 0 Å². The van der Waals surface area contributed by atoms with Crippen LogP contribution in [0.1, 0.15) is 13.3 Å². The molecule has 4 N–H and O–H groups in total. The van der Waals surface area contributed by atoms with E-state index in [0.29, 0.717) is 6.54 Å². The van der Waals surface area contributed by atoms with Gasteiger partial charge in [0.2, 0.25) is 0 Å². The summed E-state index contributed by atoms with van der Waals surface area (Å²) in [7, 11) is 3.85. The standard InChI is InChI=1S/C10H21N3O4/c1-7(14)8(9(15)16)12-10(17)11-5-4-6-13(2)3/h7-8,14H,4-6H2,1-3H3,(H,15,16)(H2,11,12,17). The van der Waals surface area contributed by atoms with Crippen molar-refractivity contribution in [2.75, 3.05) is 27.2 Å². The molecular formula is C10H21N3O4. The third-order valence-corrected chi connectivity index (χ3v) is 2.10. The van der Waals surface area contributed by atoms with Gasteiger partial charge in [-0.25, -0.2) is 9.59 Å². The van der Waals surface area contributed by atoms with Gasteiger partial charge in [-0.3, -0.25) is 0 Å². The quantitative estimate of drug-likeness (QED) is 0.435. The number of urea groups is 1. The fourth-order valence-electron chi connectivity index (χ4n) is 1.18. The molecule has 0 heterocycles. The van der Waals surface area contributed by atoms with Crippen molar-refractivity contribution in [3.05, 3.63) is 0 Å². The van der Waals surface area contributed by atoms with Crippen molar-refractivity contribution in [2.45, 2.75) is 25.5 Å². The molecule has 0 aromatic carbocycles. The lowest BCUT2D eigenvalue weighted by atomic mass is 10.2. The van der Waals surface area contributed by atoms with Gasteiger partial charge >= 0.3 is 12.0 Å². The zero-order valence-electron chi connectivity index (χ0n) is 10.4. The largest absolute Gasteiger partial charge is 0.480 e. The SMILES string of the molecule is CC(O)C(NC(=O)NCCCN(C)C)C(=O)O. The topological polar surface area (TPSA) is 102 Å². The van der Waals surface area contributed by atoms with E-state index >= 15 is 0 Å². The van der Waals surface area contributed by atoms with Crippen molar-refractivity contribution in [3.63, 3.8) is 0 Å². The first-order valence-corrected chi connectivity index (χ1v) is 5.44. The Labute approximate surface area is 101 Å². The maximum absolute atomic E-state index is 11.3. The molecule has 0 rings (SSSR count). The summed E-state index contributed by atoms with van der Waals surface area (Å²) in [6, 6.07) is -1.87. The molecule has 2 amide bonds. The normalized spacial score (nSPS) is 14.2. The van der Waals surface area contributed by atoms with E-state index < -0.39 is 24.1 Å². The van der Waals surface area contributed by atoms with Crippen LogP contribution in [0, 0.1) is 0 Å². The first-order valence-electron chi connectivity index (χ1n) is 5.44. The summed E-state index contributed by atoms with van der Waals surface area (Å²) >= 11 is 0. The predicted molar refractivity (Wildman–Crippen MR) is 62.8 cm³/mol. The smallest absolute Gasteiger partial charge is 0.328 e. The third kappa shape index (κ3) is 7.53. The van der Waals surface area contributed by atoms with Crippen molar-refractivity contribution in [3.8, 4) is 0 Å². The molecule has 0 aromatic heterocycles. The summed E-state index contributed by atoms with van der Waals surface area (Å²) in [5.74, 6) is -1.26. The van der Waals surface area contributed by atoms with Crippen LogP contribution >= 0.6 is 0 Å². The lowest BCUT2D eigenvalue weighted by molar-refractivity contribution is -0.141. The minimum absolute atomic E-state index is 0.455. The molecular weight excluding hydrogens is 226 g/mol. The average molecular weight is 247 g/mol. The number of nitrogens with one attached hydrogen (secondary N) is 2. The molecule has 0 radical (unpaired) electrons. The second kappa shape index (κ2) is 7.86. The highest BCUT2D eigenvalue weighted by Gasteiger charge is 2.24. The van der Waals surface area contributed by atoms with Gasteiger partial charge in [-0.15, -0.1) is 0 Å². The van der Waals surface area contributed by atoms with Crippen LogP contribution in [-0.2, 0) is 4.79 Å². The highest BCUT2D eigenvalue weighted by Crippen LogP contribution is 1.92. The monoisotopic (exact) mass is 247 g/mol. The Morgan fingerprint density at radius 2 is 1.94 bits per heavy atom. The molecule has 0 bridgehead atoms. The second-order valence-corrected chi connectivity index (χ2v) is 4.11. The minimum Gasteiger partial charge on any atom is -0.480 e. The Hall–Kier alpha value is -1.34. The highest BCUT2D eigenvalue weighted by atomic mass is 16.4. The van der Waals surface area contributed by atoms with Gasteiger partial charge in [0.15, 0.2) is 6.04 Å². The lowest BCUT2D eigenvalue weighted by Crippen LogP contribution is -2.51. The minimum atomic E-state index is -1.29. The van der Waals surface area contributed by atoms with Crippen molar-refractivity contribution in [2.24, 2.45) is 0 Å².